The van der Waals surface area contributed by atoms with Crippen molar-refractivity contribution < 1.29 is 13.2 Å². The van der Waals surface area contributed by atoms with Crippen LogP contribution in [0.4, 0.5) is 0 Å². The highest BCUT2D eigenvalue weighted by Gasteiger charge is 2.29. The summed E-state index contributed by atoms with van der Waals surface area (Å²) in [6.07, 6.45) is 8.36. The van der Waals surface area contributed by atoms with E-state index in [0.29, 0.717) is 25.9 Å². The van der Waals surface area contributed by atoms with Gasteiger partial charge < -0.3 is 5.32 Å². The number of rotatable bonds is 8. The first-order chi connectivity index (χ1) is 9.84. The van der Waals surface area contributed by atoms with Gasteiger partial charge in [-0.05, 0) is 26.2 Å². The second-order valence-electron chi connectivity index (χ2n) is 6.20. The number of hydrogen-bond acceptors (Lipinski definition) is 3. The molecular weight excluding hydrogens is 288 g/mol. The molecule has 0 radical (unpaired) electrons. The molecule has 5 nitrogen and oxygen atoms in total. The second-order valence-corrected chi connectivity index (χ2v) is 8.18. The summed E-state index contributed by atoms with van der Waals surface area (Å²) in [6, 6.07) is 0.210. The largest absolute Gasteiger partial charge is 0.353 e. The standard InChI is InChI=1S/C15H30N2O3S/c1-4-5-6-7-8-13(2)16-15(18)14-9-11-17(12-10-14)21(3,19)20/h13-14H,4-12H2,1-3H3,(H,16,18). The van der Waals surface area contributed by atoms with Crippen molar-refractivity contribution in [1.82, 2.24) is 9.62 Å². The van der Waals surface area contributed by atoms with Crippen LogP contribution in [0.1, 0.15) is 58.8 Å². The van der Waals surface area contributed by atoms with Crippen molar-refractivity contribution >= 4 is 15.9 Å². The molecular formula is C15H30N2O3S. The quantitative estimate of drug-likeness (QED) is 0.697. The maximum absolute atomic E-state index is 12.2. The molecule has 6 heteroatoms. The fourth-order valence-corrected chi connectivity index (χ4v) is 3.63. The van der Waals surface area contributed by atoms with Crippen molar-refractivity contribution in [3.05, 3.63) is 0 Å². The number of unbranched alkanes of at least 4 members (excludes halogenated alkanes) is 3. The topological polar surface area (TPSA) is 66.5 Å². The first-order valence-corrected chi connectivity index (χ1v) is 9.95. The van der Waals surface area contributed by atoms with Gasteiger partial charge in [0.25, 0.3) is 0 Å². The molecule has 0 aromatic heterocycles. The number of amides is 1. The lowest BCUT2D eigenvalue weighted by atomic mass is 9.96. The highest BCUT2D eigenvalue weighted by Crippen LogP contribution is 2.19. The van der Waals surface area contributed by atoms with Gasteiger partial charge in [0.15, 0.2) is 0 Å². The zero-order valence-corrected chi connectivity index (χ0v) is 14.4. The summed E-state index contributed by atoms with van der Waals surface area (Å²) in [5.74, 6) is 0.0484. The van der Waals surface area contributed by atoms with Gasteiger partial charge in [0, 0.05) is 25.0 Å². The molecule has 124 valence electrons. The van der Waals surface area contributed by atoms with Gasteiger partial charge in [-0.25, -0.2) is 12.7 Å². The van der Waals surface area contributed by atoms with Crippen molar-refractivity contribution in [3.8, 4) is 0 Å². The van der Waals surface area contributed by atoms with Crippen LogP contribution in [0.3, 0.4) is 0 Å². The average molecular weight is 318 g/mol. The first-order valence-electron chi connectivity index (χ1n) is 8.10. The van der Waals surface area contributed by atoms with E-state index >= 15 is 0 Å². The summed E-state index contributed by atoms with van der Waals surface area (Å²) in [6.45, 7) is 5.16. The Morgan fingerprint density at radius 1 is 1.24 bits per heavy atom. The molecule has 1 amide bonds. The maximum atomic E-state index is 12.2. The number of piperidine rings is 1. The van der Waals surface area contributed by atoms with E-state index in [1.165, 1.54) is 29.8 Å². The van der Waals surface area contributed by atoms with Crippen LogP contribution >= 0.6 is 0 Å². The lowest BCUT2D eigenvalue weighted by Crippen LogP contribution is -2.44. The minimum Gasteiger partial charge on any atom is -0.353 e. The van der Waals surface area contributed by atoms with Gasteiger partial charge in [0.1, 0.15) is 0 Å². The Bertz CT molecular complexity index is 415. The molecule has 1 N–H and O–H groups in total. The Hall–Kier alpha value is -0.620. The van der Waals surface area contributed by atoms with Gasteiger partial charge in [-0.1, -0.05) is 32.6 Å². The highest BCUT2D eigenvalue weighted by atomic mass is 32.2. The van der Waals surface area contributed by atoms with Gasteiger partial charge in [-0.2, -0.15) is 0 Å². The Kier molecular flexibility index (Phi) is 7.66. The first kappa shape index (κ1) is 18.4. The third-order valence-electron chi connectivity index (χ3n) is 4.17. The van der Waals surface area contributed by atoms with Gasteiger partial charge in [-0.3, -0.25) is 4.79 Å². The molecule has 1 aliphatic rings. The SMILES string of the molecule is CCCCCCC(C)NC(=O)C1CCN(S(C)(=O)=O)CC1. The van der Waals surface area contributed by atoms with Gasteiger partial charge in [0.2, 0.25) is 15.9 Å². The molecule has 1 rings (SSSR count). The Morgan fingerprint density at radius 3 is 2.38 bits per heavy atom. The number of carbonyl (C=O) groups is 1. The van der Waals surface area contributed by atoms with Crippen molar-refractivity contribution in [2.75, 3.05) is 19.3 Å². The number of nitrogens with one attached hydrogen (secondary N) is 1. The van der Waals surface area contributed by atoms with E-state index < -0.39 is 10.0 Å². The summed E-state index contributed by atoms with van der Waals surface area (Å²) in [5, 5.41) is 3.07. The molecule has 0 saturated carbocycles. The molecule has 1 unspecified atom stereocenters. The summed E-state index contributed by atoms with van der Waals surface area (Å²) in [7, 11) is -3.11. The number of carbonyl (C=O) groups excluding carboxylic acids is 1. The minimum atomic E-state index is -3.11. The van der Waals surface area contributed by atoms with E-state index in [-0.39, 0.29) is 17.9 Å². The van der Waals surface area contributed by atoms with Crippen molar-refractivity contribution in [3.63, 3.8) is 0 Å². The lowest BCUT2D eigenvalue weighted by molar-refractivity contribution is -0.126. The van der Waals surface area contributed by atoms with Crippen LogP contribution in [-0.4, -0.2) is 44.0 Å². The molecule has 0 bridgehead atoms. The van der Waals surface area contributed by atoms with E-state index in [0.717, 1.165) is 12.8 Å². The molecule has 1 saturated heterocycles. The zero-order chi connectivity index (χ0) is 15.9. The molecule has 21 heavy (non-hydrogen) atoms. The average Bonchev–Trinajstić information content (AvgIpc) is 2.43. The van der Waals surface area contributed by atoms with Gasteiger partial charge in [0.05, 0.1) is 6.26 Å². The van der Waals surface area contributed by atoms with Crippen LogP contribution in [0.15, 0.2) is 0 Å². The summed E-state index contributed by atoms with van der Waals surface area (Å²) in [4.78, 5) is 12.2. The van der Waals surface area contributed by atoms with Gasteiger partial charge in [-0.15, -0.1) is 0 Å². The summed E-state index contributed by atoms with van der Waals surface area (Å²) >= 11 is 0. The third kappa shape index (κ3) is 6.78. The van der Waals surface area contributed by atoms with E-state index in [1.807, 2.05) is 0 Å². The van der Waals surface area contributed by atoms with Crippen LogP contribution in [0.2, 0.25) is 0 Å². The third-order valence-corrected chi connectivity index (χ3v) is 5.48. The van der Waals surface area contributed by atoms with Crippen LogP contribution in [0, 0.1) is 5.92 Å². The van der Waals surface area contributed by atoms with E-state index in [9.17, 15) is 13.2 Å². The van der Waals surface area contributed by atoms with E-state index in [2.05, 4.69) is 19.2 Å². The predicted octanol–water partition coefficient (Wildman–Crippen LogP) is 2.13. The Balaban J connectivity index is 2.27. The Morgan fingerprint density at radius 2 is 1.86 bits per heavy atom. The molecule has 1 fully saturated rings. The van der Waals surface area contributed by atoms with Crippen molar-refractivity contribution in [1.29, 1.82) is 0 Å². The van der Waals surface area contributed by atoms with Gasteiger partial charge >= 0.3 is 0 Å². The van der Waals surface area contributed by atoms with Crippen LogP contribution < -0.4 is 5.32 Å². The second kappa shape index (κ2) is 8.73. The van der Waals surface area contributed by atoms with Crippen LogP contribution in [0.25, 0.3) is 0 Å². The number of sulfonamides is 1. The molecule has 0 aliphatic carbocycles. The van der Waals surface area contributed by atoms with Crippen molar-refractivity contribution in [2.24, 2.45) is 5.92 Å². The number of hydrogen-bond donors (Lipinski definition) is 1. The molecule has 1 aliphatic heterocycles. The van der Waals surface area contributed by atoms with Crippen molar-refractivity contribution in [2.45, 2.75) is 64.8 Å². The smallest absolute Gasteiger partial charge is 0.223 e. The molecule has 0 spiro atoms. The zero-order valence-electron chi connectivity index (χ0n) is 13.6. The molecule has 1 atom stereocenters. The normalized spacial score (nSPS) is 19.4. The fraction of sp³-hybridized carbons (Fsp3) is 0.933. The van der Waals surface area contributed by atoms with Crippen LogP contribution in [0.5, 0.6) is 0 Å². The predicted molar refractivity (Wildman–Crippen MR) is 85.5 cm³/mol. The van der Waals surface area contributed by atoms with E-state index in [1.54, 1.807) is 0 Å². The number of nitrogens with zero attached hydrogens (tertiary/aromatic N) is 1. The molecule has 0 aromatic carbocycles. The van der Waals surface area contributed by atoms with E-state index in [4.69, 9.17) is 0 Å². The summed E-state index contributed by atoms with van der Waals surface area (Å²) in [5.41, 5.74) is 0. The Labute approximate surface area is 129 Å². The monoisotopic (exact) mass is 318 g/mol. The lowest BCUT2D eigenvalue weighted by Gasteiger charge is -2.30. The van der Waals surface area contributed by atoms with Crippen LogP contribution in [-0.2, 0) is 14.8 Å². The fourth-order valence-electron chi connectivity index (χ4n) is 2.76. The molecule has 0 aromatic rings. The summed E-state index contributed by atoms with van der Waals surface area (Å²) < 4.78 is 24.3. The highest BCUT2D eigenvalue weighted by molar-refractivity contribution is 7.88. The maximum Gasteiger partial charge on any atom is 0.223 e. The minimum absolute atomic E-state index is 0.0407. The molecule has 1 heterocycles.